The fraction of sp³-hybridized carbons (Fsp3) is 0.571. The number of piperazine rings is 1. The molecule has 0 aliphatic carbocycles. The summed E-state index contributed by atoms with van der Waals surface area (Å²) in [5, 5.41) is 3.25. The minimum absolute atomic E-state index is 0.569. The van der Waals surface area contributed by atoms with Crippen LogP contribution in [0.5, 0.6) is 0 Å². The predicted octanol–water partition coefficient (Wildman–Crippen LogP) is 1.80. The van der Waals surface area contributed by atoms with Crippen molar-refractivity contribution in [3.63, 3.8) is 0 Å². The monoisotopic (exact) mass is 285 g/mol. The maximum Gasteiger partial charge on any atom is 0.416 e. The highest BCUT2D eigenvalue weighted by Gasteiger charge is 2.32. The molecule has 20 heavy (non-hydrogen) atoms. The number of hydrogen-bond donors (Lipinski definition) is 1. The molecule has 2 aliphatic heterocycles. The van der Waals surface area contributed by atoms with Crippen LogP contribution in [0, 0.1) is 0 Å². The largest absolute Gasteiger partial charge is 0.416 e. The van der Waals surface area contributed by atoms with E-state index in [1.54, 1.807) is 6.07 Å². The van der Waals surface area contributed by atoms with Crippen LogP contribution < -0.4 is 10.2 Å². The Morgan fingerprint density at radius 1 is 1.05 bits per heavy atom. The fourth-order valence-electron chi connectivity index (χ4n) is 2.76. The summed E-state index contributed by atoms with van der Waals surface area (Å²) < 4.78 is 38.2. The highest BCUT2D eigenvalue weighted by Crippen LogP contribution is 2.31. The van der Waals surface area contributed by atoms with Gasteiger partial charge in [-0.1, -0.05) is 6.07 Å². The predicted molar refractivity (Wildman–Crippen MR) is 71.9 cm³/mol. The van der Waals surface area contributed by atoms with Crippen molar-refractivity contribution in [3.8, 4) is 0 Å². The molecule has 2 heterocycles. The molecule has 2 fully saturated rings. The molecular weight excluding hydrogens is 267 g/mol. The molecule has 1 N–H and O–H groups in total. The number of rotatable bonds is 2. The van der Waals surface area contributed by atoms with Gasteiger partial charge in [-0.3, -0.25) is 4.90 Å². The summed E-state index contributed by atoms with van der Waals surface area (Å²) in [5.41, 5.74) is 0.104. The molecule has 0 unspecified atom stereocenters. The molecule has 1 aromatic carbocycles. The van der Waals surface area contributed by atoms with Crippen LogP contribution in [0.15, 0.2) is 24.3 Å². The van der Waals surface area contributed by atoms with Crippen molar-refractivity contribution in [2.24, 2.45) is 0 Å². The van der Waals surface area contributed by atoms with Crippen LogP contribution >= 0.6 is 0 Å². The van der Waals surface area contributed by atoms with Crippen LogP contribution in [-0.4, -0.2) is 50.2 Å². The Hall–Kier alpha value is -1.27. The van der Waals surface area contributed by atoms with Gasteiger partial charge in [-0.2, -0.15) is 13.2 Å². The molecule has 0 spiro atoms. The lowest BCUT2D eigenvalue weighted by Gasteiger charge is -2.44. The summed E-state index contributed by atoms with van der Waals surface area (Å²) in [4.78, 5) is 4.46. The van der Waals surface area contributed by atoms with Crippen molar-refractivity contribution >= 4 is 5.69 Å². The van der Waals surface area contributed by atoms with Crippen LogP contribution in [0.4, 0.5) is 18.9 Å². The number of benzene rings is 1. The summed E-state index contributed by atoms with van der Waals surface area (Å²) in [6.07, 6.45) is -4.27. The summed E-state index contributed by atoms with van der Waals surface area (Å²) in [6, 6.07) is 6.23. The van der Waals surface area contributed by atoms with E-state index in [0.29, 0.717) is 11.7 Å². The first-order chi connectivity index (χ1) is 9.54. The Morgan fingerprint density at radius 3 is 2.30 bits per heavy atom. The third kappa shape index (κ3) is 2.76. The van der Waals surface area contributed by atoms with Crippen LogP contribution in [-0.2, 0) is 6.18 Å². The Balaban J connectivity index is 1.65. The zero-order chi connectivity index (χ0) is 14.2. The van der Waals surface area contributed by atoms with E-state index in [4.69, 9.17) is 0 Å². The smallest absolute Gasteiger partial charge is 0.369 e. The Morgan fingerprint density at radius 2 is 1.75 bits per heavy atom. The van der Waals surface area contributed by atoms with Gasteiger partial charge in [0, 0.05) is 51.0 Å². The molecule has 0 saturated carbocycles. The molecule has 0 atom stereocenters. The van der Waals surface area contributed by atoms with Gasteiger partial charge >= 0.3 is 6.18 Å². The third-order valence-corrected chi connectivity index (χ3v) is 4.13. The van der Waals surface area contributed by atoms with E-state index in [0.717, 1.165) is 45.3 Å². The number of nitrogens with zero attached hydrogens (tertiary/aromatic N) is 2. The van der Waals surface area contributed by atoms with Crippen molar-refractivity contribution in [2.45, 2.75) is 12.2 Å². The second-order valence-corrected chi connectivity index (χ2v) is 5.38. The molecule has 0 bridgehead atoms. The molecule has 110 valence electrons. The first kappa shape index (κ1) is 13.7. The normalized spacial score (nSPS) is 21.9. The van der Waals surface area contributed by atoms with Crippen molar-refractivity contribution in [1.82, 2.24) is 10.2 Å². The minimum atomic E-state index is -4.27. The molecule has 2 saturated heterocycles. The zero-order valence-corrected chi connectivity index (χ0v) is 11.2. The van der Waals surface area contributed by atoms with E-state index in [2.05, 4.69) is 10.2 Å². The van der Waals surface area contributed by atoms with E-state index in [1.165, 1.54) is 12.1 Å². The average Bonchev–Trinajstić information content (AvgIpc) is 2.37. The summed E-state index contributed by atoms with van der Waals surface area (Å²) in [7, 11) is 0. The average molecular weight is 285 g/mol. The number of halogens is 3. The molecular formula is C14H18F3N3. The van der Waals surface area contributed by atoms with Crippen LogP contribution in [0.1, 0.15) is 5.56 Å². The molecule has 0 radical (unpaired) electrons. The van der Waals surface area contributed by atoms with E-state index in [1.807, 2.05) is 4.90 Å². The highest BCUT2D eigenvalue weighted by atomic mass is 19.4. The first-order valence-electron chi connectivity index (χ1n) is 6.91. The van der Waals surface area contributed by atoms with Gasteiger partial charge in [0.2, 0.25) is 0 Å². The Labute approximate surface area is 116 Å². The minimum Gasteiger partial charge on any atom is -0.369 e. The second-order valence-electron chi connectivity index (χ2n) is 5.38. The summed E-state index contributed by atoms with van der Waals surface area (Å²) in [6.45, 7) is 5.48. The summed E-state index contributed by atoms with van der Waals surface area (Å²) in [5.74, 6) is 0. The maximum absolute atomic E-state index is 12.7. The standard InChI is InChI=1S/C14H18F3N3/c15-14(16,17)11-2-1-3-12(8-11)19-4-6-20(7-5-19)13-9-18-10-13/h1-3,8,13,18H,4-7,9-10H2. The fourth-order valence-corrected chi connectivity index (χ4v) is 2.76. The van der Waals surface area contributed by atoms with E-state index < -0.39 is 11.7 Å². The van der Waals surface area contributed by atoms with Crippen molar-refractivity contribution < 1.29 is 13.2 Å². The SMILES string of the molecule is FC(F)(F)c1cccc(N2CCN(C3CNC3)CC2)c1. The van der Waals surface area contributed by atoms with Gasteiger partial charge in [-0.15, -0.1) is 0 Å². The van der Waals surface area contributed by atoms with E-state index in [9.17, 15) is 13.2 Å². The maximum atomic E-state index is 12.7. The lowest BCUT2D eigenvalue weighted by atomic mass is 10.1. The zero-order valence-electron chi connectivity index (χ0n) is 11.2. The molecule has 1 aromatic rings. The van der Waals surface area contributed by atoms with Gasteiger partial charge in [-0.25, -0.2) is 0 Å². The topological polar surface area (TPSA) is 18.5 Å². The lowest BCUT2D eigenvalue weighted by Crippen LogP contribution is -2.61. The number of alkyl halides is 3. The Bertz CT molecular complexity index is 463. The molecule has 0 aromatic heterocycles. The van der Waals surface area contributed by atoms with Crippen molar-refractivity contribution in [2.75, 3.05) is 44.2 Å². The first-order valence-corrected chi connectivity index (χ1v) is 6.91. The van der Waals surface area contributed by atoms with Gasteiger partial charge in [0.05, 0.1) is 5.56 Å². The summed E-state index contributed by atoms with van der Waals surface area (Å²) >= 11 is 0. The Kier molecular flexibility index (Phi) is 3.60. The highest BCUT2D eigenvalue weighted by molar-refractivity contribution is 5.49. The molecule has 3 nitrogen and oxygen atoms in total. The quantitative estimate of drug-likeness (QED) is 0.894. The molecule has 6 heteroatoms. The van der Waals surface area contributed by atoms with Crippen LogP contribution in [0.2, 0.25) is 0 Å². The number of anilines is 1. The van der Waals surface area contributed by atoms with Gasteiger partial charge < -0.3 is 10.2 Å². The number of nitrogens with one attached hydrogen (secondary N) is 1. The van der Waals surface area contributed by atoms with Gasteiger partial charge in [0.25, 0.3) is 0 Å². The van der Waals surface area contributed by atoms with Crippen LogP contribution in [0.3, 0.4) is 0 Å². The second kappa shape index (κ2) is 5.26. The van der Waals surface area contributed by atoms with Crippen LogP contribution in [0.25, 0.3) is 0 Å². The molecule has 0 amide bonds. The van der Waals surface area contributed by atoms with E-state index in [-0.39, 0.29) is 0 Å². The molecule has 3 rings (SSSR count). The number of hydrogen-bond acceptors (Lipinski definition) is 3. The lowest BCUT2D eigenvalue weighted by molar-refractivity contribution is -0.137. The van der Waals surface area contributed by atoms with E-state index >= 15 is 0 Å². The third-order valence-electron chi connectivity index (χ3n) is 4.13. The molecule has 2 aliphatic rings. The van der Waals surface area contributed by atoms with Gasteiger partial charge in [-0.05, 0) is 18.2 Å². The van der Waals surface area contributed by atoms with Crippen molar-refractivity contribution in [1.29, 1.82) is 0 Å². The van der Waals surface area contributed by atoms with Gasteiger partial charge in [0.1, 0.15) is 0 Å². The van der Waals surface area contributed by atoms with Crippen molar-refractivity contribution in [3.05, 3.63) is 29.8 Å². The van der Waals surface area contributed by atoms with Gasteiger partial charge in [0.15, 0.2) is 0 Å².